The van der Waals surface area contributed by atoms with Crippen LogP contribution in [0.15, 0.2) is 73.3 Å². The van der Waals surface area contributed by atoms with Crippen molar-refractivity contribution in [3.8, 4) is 17.1 Å². The van der Waals surface area contributed by atoms with E-state index < -0.39 is 37.9 Å². The zero-order valence-electron chi connectivity index (χ0n) is 41.6. The molecular weight excluding hydrogens is 1080 g/mol. The zero-order chi connectivity index (χ0) is 54.8. The van der Waals surface area contributed by atoms with E-state index in [0.29, 0.717) is 40.2 Å². The third-order valence-corrected chi connectivity index (χ3v) is 15.6. The molecule has 1 saturated heterocycles. The topological polar surface area (TPSA) is 240 Å². The lowest BCUT2D eigenvalue weighted by molar-refractivity contribution is -0.0501. The molecule has 0 spiro atoms. The smallest absolute Gasteiger partial charge is 0.399 e. The number of anilines is 2. The normalized spacial score (nSPS) is 16.0. The largest absolute Gasteiger partial charge is 0.534 e. The third-order valence-electron chi connectivity index (χ3n) is 11.4. The third kappa shape index (κ3) is 15.3. The summed E-state index contributed by atoms with van der Waals surface area (Å²) in [4.78, 5) is 28.0. The Kier molecular flexibility index (Phi) is 19.2. The number of nitrogens with one attached hydrogen (secondary N) is 4. The first-order valence-electron chi connectivity index (χ1n) is 22.7. The second-order valence-electron chi connectivity index (χ2n) is 17.2. The minimum Gasteiger partial charge on any atom is -0.399 e. The van der Waals surface area contributed by atoms with Crippen molar-refractivity contribution in [2.75, 3.05) is 29.2 Å². The fourth-order valence-electron chi connectivity index (χ4n) is 6.99. The summed E-state index contributed by atoms with van der Waals surface area (Å²) in [5.41, 5.74) is 1.02. The number of aromatic nitrogens is 8. The molecule has 0 aliphatic carbocycles. The van der Waals surface area contributed by atoms with Gasteiger partial charge < -0.3 is 38.5 Å². The quantitative estimate of drug-likeness (QED) is 0.0440. The number of carbonyl (C=O) groups is 2. The van der Waals surface area contributed by atoms with Crippen LogP contribution in [0.5, 0.6) is 5.88 Å². The number of carbonyl (C=O) groups excluding carboxylic acids is 2. The maximum atomic E-state index is 12.6. The number of nitrogens with zero attached hydrogens (tertiary/aromatic N) is 8. The Bertz CT molecular complexity index is 3010. The Morgan fingerprint density at radius 3 is 1.84 bits per heavy atom. The average molecular weight is 1130 g/mol. The Balaban J connectivity index is 0.000000199. The standard InChI is InChI=1S/C17H17ClN6O.C14H12ClF3N4O4S.C10H17BN2O2.CH6OP2S.CH4/c1-23-9-11(8-19-23)16-14-10-24(6-5-15(14)21-22-16)17(25)20-13-4-2-3-12(18)7-13;15-8-2-1-3-9(6-8)19-13(23)22-5-4-11-10(7-22)12(21-20-11)26-27(24,25)14(16,17)18;1-9(2)10(3,4)15-11(14-9)8-6-12-13(5)7-8;2-5(4)1-3;/h2-4,7-9H,5-6,10H2,1H3,(H,20,25)(H,21,22);1-3,6H,4-5,7H2,(H,19,23)(H,20,21);6-7H,1-5H3;2,4H,1,3H2;1H4/i;;;;1D. The van der Waals surface area contributed by atoms with Gasteiger partial charge in [0, 0.05) is 115 Å². The van der Waals surface area contributed by atoms with Crippen molar-refractivity contribution in [1.82, 2.24) is 49.8 Å². The molecule has 30 heteroatoms. The van der Waals surface area contributed by atoms with Crippen LogP contribution >= 0.6 is 40.5 Å². The Hall–Kier alpha value is -5.04. The second kappa shape index (κ2) is 24.5. The highest BCUT2D eigenvalue weighted by Gasteiger charge is 2.52. The highest BCUT2D eigenvalue weighted by molar-refractivity contribution is 8.13. The molecule has 0 radical (unpaired) electrons. The van der Waals surface area contributed by atoms with Crippen LogP contribution in [0.4, 0.5) is 34.1 Å². The first-order chi connectivity index (χ1) is 34.8. The zero-order valence-corrected chi connectivity index (χ0v) is 45.9. The SMILES string of the molecule is Cn1cc(-c2n[nH]c3c2CN(C(=O)Nc2cccc(Cl)c2)CC3)cn1.Cn1cc(B2OC(C)(C)C(C)(C)O2)cn1.O=C(Nc1cccc(Cl)c1)N1CCc2[nH]nc(OS(=O)(=O)C(F)(F)F)c2C1.OS(=P)CP.[2H]C. The van der Waals surface area contributed by atoms with Crippen LogP contribution in [-0.4, -0.2) is 117 Å². The number of halogens is 5. The number of hydrogen-bond donors (Lipinski definition) is 5. The number of fused-ring (bicyclic) bond motifs is 2. The van der Waals surface area contributed by atoms with Crippen molar-refractivity contribution in [3.05, 3.63) is 106 Å². The summed E-state index contributed by atoms with van der Waals surface area (Å²) in [6, 6.07) is 12.8. The van der Waals surface area contributed by atoms with Gasteiger partial charge in [-0.05, 0) is 74.4 Å². The van der Waals surface area contributed by atoms with Crippen LogP contribution in [0.1, 0.15) is 59.0 Å². The molecule has 1 fully saturated rings. The van der Waals surface area contributed by atoms with Crippen molar-refractivity contribution in [1.29, 1.82) is 0 Å². The summed E-state index contributed by atoms with van der Waals surface area (Å²) in [5.74, 6) is -0.734. The van der Waals surface area contributed by atoms with Gasteiger partial charge in [-0.3, -0.25) is 19.6 Å². The number of rotatable bonds is 7. The highest BCUT2D eigenvalue weighted by atomic mass is 35.5. The number of hydrogen-bond acceptors (Lipinski definition) is 11. The highest BCUT2D eigenvalue weighted by Crippen LogP contribution is 2.37. The van der Waals surface area contributed by atoms with Crippen LogP contribution in [-0.2, 0) is 69.8 Å². The molecule has 20 nitrogen and oxygen atoms in total. The monoisotopic (exact) mass is 1130 g/mol. The van der Waals surface area contributed by atoms with Gasteiger partial charge in [-0.15, -0.1) is 14.3 Å². The van der Waals surface area contributed by atoms with Gasteiger partial charge in [0.2, 0.25) is 0 Å². The molecule has 73 heavy (non-hydrogen) atoms. The summed E-state index contributed by atoms with van der Waals surface area (Å²) in [5, 5.41) is 28.2. The molecule has 9 rings (SSSR count). The van der Waals surface area contributed by atoms with Gasteiger partial charge in [0.1, 0.15) is 5.69 Å². The van der Waals surface area contributed by atoms with E-state index >= 15 is 0 Å². The lowest BCUT2D eigenvalue weighted by atomic mass is 9.82. The first kappa shape index (κ1) is 57.2. The van der Waals surface area contributed by atoms with Crippen LogP contribution in [0, 0.1) is 0 Å². The molecule has 0 bridgehead atoms. The molecule has 0 saturated carbocycles. The summed E-state index contributed by atoms with van der Waals surface area (Å²) < 4.78 is 93.3. The lowest BCUT2D eigenvalue weighted by Gasteiger charge is -2.32. The summed E-state index contributed by atoms with van der Waals surface area (Å²) in [6.45, 7) is 9.38. The maximum absolute atomic E-state index is 12.6. The predicted octanol–water partition coefficient (Wildman–Crippen LogP) is 8.26. The molecule has 2 atom stereocenters. The Labute approximate surface area is 439 Å². The van der Waals surface area contributed by atoms with Crippen molar-refractivity contribution in [3.63, 3.8) is 0 Å². The Morgan fingerprint density at radius 1 is 0.904 bits per heavy atom. The first-order valence-corrected chi connectivity index (χ1v) is 27.2. The van der Waals surface area contributed by atoms with E-state index in [1.165, 1.54) is 18.4 Å². The minimum atomic E-state index is -5.86. The number of aryl methyl sites for hydroxylation is 2. The number of urea groups is 2. The second-order valence-corrected chi connectivity index (χ2v) is 23.1. The summed E-state index contributed by atoms with van der Waals surface area (Å²) >= 11 is 11.8. The minimum absolute atomic E-state index is 0.0651. The van der Waals surface area contributed by atoms with Crippen LogP contribution in [0.2, 0.25) is 10.0 Å². The van der Waals surface area contributed by atoms with Gasteiger partial charge in [-0.1, -0.05) is 50.8 Å². The number of H-pyrrole nitrogens is 2. The van der Waals surface area contributed by atoms with Crippen molar-refractivity contribution >= 4 is 96.9 Å². The molecule has 4 amide bonds. The van der Waals surface area contributed by atoms with E-state index in [1.54, 1.807) is 57.0 Å². The number of alkyl halides is 3. The van der Waals surface area contributed by atoms with E-state index in [4.69, 9.17) is 38.4 Å². The number of aromatic amines is 2. The van der Waals surface area contributed by atoms with Gasteiger partial charge in [0.15, 0.2) is 0 Å². The van der Waals surface area contributed by atoms with E-state index in [0.717, 1.165) is 39.9 Å². The molecule has 3 aliphatic heterocycles. The molecule has 5 N–H and O–H groups in total. The molecular formula is C43H56BCl2F3N12O8P2S2. The maximum Gasteiger partial charge on any atom is 0.534 e. The summed E-state index contributed by atoms with van der Waals surface area (Å²) in [7, 11) is 3.67. The predicted molar refractivity (Wildman–Crippen MR) is 283 cm³/mol. The molecule has 7 heterocycles. The molecule has 6 aromatic rings. The van der Waals surface area contributed by atoms with Gasteiger partial charge in [-0.25, -0.2) is 9.59 Å². The molecule has 3 aliphatic rings. The van der Waals surface area contributed by atoms with Crippen LogP contribution in [0.25, 0.3) is 11.3 Å². The molecule has 2 aromatic carbocycles. The van der Waals surface area contributed by atoms with Gasteiger partial charge in [0.25, 0.3) is 5.88 Å². The molecule has 2 unspecified atom stereocenters. The van der Waals surface area contributed by atoms with Crippen molar-refractivity contribution < 1.29 is 50.6 Å². The van der Waals surface area contributed by atoms with Crippen molar-refractivity contribution in [2.24, 2.45) is 14.1 Å². The van der Waals surface area contributed by atoms with Crippen LogP contribution in [0.3, 0.4) is 0 Å². The van der Waals surface area contributed by atoms with Gasteiger partial charge in [0.05, 0.1) is 36.1 Å². The van der Waals surface area contributed by atoms with E-state index in [9.17, 15) is 31.2 Å². The number of benzene rings is 2. The fraction of sp³-hybridized carbons (Fsp3) is 0.395. The Morgan fingerprint density at radius 2 is 1.38 bits per heavy atom. The van der Waals surface area contributed by atoms with E-state index in [1.807, 2.05) is 66.3 Å². The van der Waals surface area contributed by atoms with E-state index in [2.05, 4.69) is 62.7 Å². The van der Waals surface area contributed by atoms with Gasteiger partial charge >= 0.3 is 34.8 Å². The lowest BCUT2D eigenvalue weighted by Crippen LogP contribution is -2.41. The number of amides is 4. The fourth-order valence-corrected chi connectivity index (χ4v) is 7.81. The van der Waals surface area contributed by atoms with E-state index in [-0.39, 0.29) is 49.4 Å². The van der Waals surface area contributed by atoms with Crippen molar-refractivity contribution in [2.45, 2.75) is 77.7 Å². The summed E-state index contributed by atoms with van der Waals surface area (Å²) in [6.07, 6.45) is 8.37. The van der Waals surface area contributed by atoms with Crippen LogP contribution < -0.4 is 20.3 Å². The molecule has 4 aromatic heterocycles. The molecule has 396 valence electrons. The average Bonchev–Trinajstić information content (AvgIpc) is 4.18. The van der Waals surface area contributed by atoms with Gasteiger partial charge in [-0.2, -0.15) is 36.9 Å².